The Hall–Kier alpha value is -0.610. The first-order chi connectivity index (χ1) is 5.86. The first kappa shape index (κ1) is 12.4. The van der Waals surface area contributed by atoms with Gasteiger partial charge in [0, 0.05) is 6.04 Å². The van der Waals surface area contributed by atoms with Crippen molar-refractivity contribution in [3.05, 3.63) is 0 Å². The minimum absolute atomic E-state index is 0.0808. The predicted octanol–water partition coefficient (Wildman–Crippen LogP) is -0.145. The van der Waals surface area contributed by atoms with Crippen LogP contribution in [0.2, 0.25) is 0 Å². The van der Waals surface area contributed by atoms with Gasteiger partial charge in [-0.15, -0.1) is 0 Å². The van der Waals surface area contributed by atoms with E-state index < -0.39 is 12.1 Å². The summed E-state index contributed by atoms with van der Waals surface area (Å²) in [6.07, 6.45) is -0.806. The van der Waals surface area contributed by atoms with Gasteiger partial charge in [0.15, 0.2) is 0 Å². The van der Waals surface area contributed by atoms with Crippen molar-refractivity contribution in [2.24, 2.45) is 11.7 Å². The number of nitrogens with one attached hydrogen (secondary N) is 1. The summed E-state index contributed by atoms with van der Waals surface area (Å²) in [5, 5.41) is 11.8. The van der Waals surface area contributed by atoms with Crippen LogP contribution in [0.15, 0.2) is 0 Å². The zero-order valence-corrected chi connectivity index (χ0v) is 8.74. The Morgan fingerprint density at radius 2 is 1.77 bits per heavy atom. The van der Waals surface area contributed by atoms with Gasteiger partial charge in [-0.05, 0) is 19.8 Å². The molecule has 1 amide bonds. The van der Waals surface area contributed by atoms with E-state index in [0.29, 0.717) is 5.92 Å². The normalized spacial score (nSPS) is 18.1. The Kier molecular flexibility index (Phi) is 4.95. The lowest BCUT2D eigenvalue weighted by Gasteiger charge is -2.21. The highest BCUT2D eigenvalue weighted by atomic mass is 16.3. The zero-order chi connectivity index (χ0) is 10.6. The molecule has 0 aromatic carbocycles. The Labute approximate surface area is 79.5 Å². The summed E-state index contributed by atoms with van der Waals surface area (Å²) in [6.45, 7) is 7.44. The second kappa shape index (κ2) is 5.19. The molecule has 0 radical (unpaired) electrons. The molecule has 0 aliphatic heterocycles. The minimum atomic E-state index is -0.832. The molecule has 3 unspecified atom stereocenters. The lowest BCUT2D eigenvalue weighted by molar-refractivity contribution is -0.125. The van der Waals surface area contributed by atoms with Crippen LogP contribution in [-0.2, 0) is 4.79 Å². The largest absolute Gasteiger partial charge is 0.391 e. The Morgan fingerprint density at radius 1 is 1.31 bits per heavy atom. The average Bonchev–Trinajstić information content (AvgIpc) is 2.02. The van der Waals surface area contributed by atoms with Crippen LogP contribution < -0.4 is 11.1 Å². The predicted molar refractivity (Wildman–Crippen MR) is 52.1 cm³/mol. The van der Waals surface area contributed by atoms with E-state index >= 15 is 0 Å². The van der Waals surface area contributed by atoms with Crippen molar-refractivity contribution in [1.29, 1.82) is 0 Å². The van der Waals surface area contributed by atoms with Crippen LogP contribution in [0.1, 0.15) is 27.7 Å². The van der Waals surface area contributed by atoms with E-state index in [1.165, 1.54) is 6.92 Å². The summed E-state index contributed by atoms with van der Waals surface area (Å²) < 4.78 is 0. The molecule has 3 atom stereocenters. The molecule has 0 aliphatic rings. The Balaban J connectivity index is 4.00. The molecule has 0 spiro atoms. The maximum atomic E-state index is 11.3. The van der Waals surface area contributed by atoms with Gasteiger partial charge in [0.05, 0.1) is 6.10 Å². The molecule has 0 heterocycles. The molecule has 0 aliphatic carbocycles. The molecule has 13 heavy (non-hydrogen) atoms. The van der Waals surface area contributed by atoms with Crippen molar-refractivity contribution >= 4 is 5.91 Å². The average molecular weight is 188 g/mol. The molecule has 0 fully saturated rings. The third-order valence-electron chi connectivity index (χ3n) is 2.19. The molecule has 4 N–H and O–H groups in total. The summed E-state index contributed by atoms with van der Waals surface area (Å²) in [5.74, 6) is 0.0707. The van der Waals surface area contributed by atoms with Gasteiger partial charge in [-0.1, -0.05) is 13.8 Å². The maximum absolute atomic E-state index is 11.3. The quantitative estimate of drug-likeness (QED) is 0.574. The van der Waals surface area contributed by atoms with E-state index in [4.69, 9.17) is 10.8 Å². The molecule has 0 saturated carbocycles. The van der Waals surface area contributed by atoms with Crippen molar-refractivity contribution in [1.82, 2.24) is 5.32 Å². The number of hydrogen-bond donors (Lipinski definition) is 3. The van der Waals surface area contributed by atoms with Crippen molar-refractivity contribution < 1.29 is 9.90 Å². The van der Waals surface area contributed by atoms with Crippen LogP contribution in [0.25, 0.3) is 0 Å². The first-order valence-corrected chi connectivity index (χ1v) is 4.60. The molecule has 0 bridgehead atoms. The van der Waals surface area contributed by atoms with E-state index in [1.54, 1.807) is 0 Å². The summed E-state index contributed by atoms with van der Waals surface area (Å²) >= 11 is 0. The standard InChI is InChI=1S/C9H20N2O2/c1-5(2)6(3)11-9(13)8(10)7(4)12/h5-8,12H,10H2,1-4H3,(H,11,13). The highest BCUT2D eigenvalue weighted by molar-refractivity contribution is 5.82. The zero-order valence-electron chi connectivity index (χ0n) is 8.74. The van der Waals surface area contributed by atoms with Gasteiger partial charge in [-0.2, -0.15) is 0 Å². The van der Waals surface area contributed by atoms with Gasteiger partial charge in [0.25, 0.3) is 0 Å². The first-order valence-electron chi connectivity index (χ1n) is 4.60. The maximum Gasteiger partial charge on any atom is 0.239 e. The molecular weight excluding hydrogens is 168 g/mol. The minimum Gasteiger partial charge on any atom is -0.391 e. The van der Waals surface area contributed by atoms with E-state index in [9.17, 15) is 4.79 Å². The summed E-state index contributed by atoms with van der Waals surface area (Å²) in [7, 11) is 0. The molecule has 0 aromatic heterocycles. The number of hydrogen-bond acceptors (Lipinski definition) is 3. The molecular formula is C9H20N2O2. The Morgan fingerprint density at radius 3 is 2.08 bits per heavy atom. The molecule has 78 valence electrons. The van der Waals surface area contributed by atoms with E-state index in [0.717, 1.165) is 0 Å². The molecule has 4 nitrogen and oxygen atoms in total. The lowest BCUT2D eigenvalue weighted by Crippen LogP contribution is -2.50. The molecule has 0 rings (SSSR count). The second-order valence-corrected chi connectivity index (χ2v) is 3.81. The third-order valence-corrected chi connectivity index (χ3v) is 2.19. The lowest BCUT2D eigenvalue weighted by atomic mass is 10.1. The van der Waals surface area contributed by atoms with Gasteiger partial charge in [-0.25, -0.2) is 0 Å². The van der Waals surface area contributed by atoms with Crippen LogP contribution in [0.3, 0.4) is 0 Å². The number of carbonyl (C=O) groups excluding carboxylic acids is 1. The molecule has 0 saturated heterocycles. The third kappa shape index (κ3) is 4.24. The number of rotatable bonds is 4. The van der Waals surface area contributed by atoms with Gasteiger partial charge >= 0.3 is 0 Å². The molecule has 0 aromatic rings. The van der Waals surface area contributed by atoms with Crippen molar-refractivity contribution in [2.45, 2.75) is 45.9 Å². The summed E-state index contributed by atoms with van der Waals surface area (Å²) in [4.78, 5) is 11.3. The van der Waals surface area contributed by atoms with Crippen LogP contribution in [-0.4, -0.2) is 29.2 Å². The number of aliphatic hydroxyl groups excluding tert-OH is 1. The summed E-state index contributed by atoms with van der Waals surface area (Å²) in [5.41, 5.74) is 5.45. The highest BCUT2D eigenvalue weighted by Gasteiger charge is 2.20. The van der Waals surface area contributed by atoms with Crippen molar-refractivity contribution in [3.63, 3.8) is 0 Å². The topological polar surface area (TPSA) is 75.4 Å². The van der Waals surface area contributed by atoms with Crippen LogP contribution >= 0.6 is 0 Å². The van der Waals surface area contributed by atoms with Crippen molar-refractivity contribution in [3.8, 4) is 0 Å². The Bertz CT molecular complexity index is 169. The van der Waals surface area contributed by atoms with Gasteiger partial charge in [0.2, 0.25) is 5.91 Å². The number of nitrogens with two attached hydrogens (primary N) is 1. The number of amides is 1. The van der Waals surface area contributed by atoms with Gasteiger partial charge in [-0.3, -0.25) is 4.79 Å². The number of carbonyl (C=O) groups is 1. The van der Waals surface area contributed by atoms with Crippen LogP contribution in [0.4, 0.5) is 0 Å². The molecule has 4 heteroatoms. The van der Waals surface area contributed by atoms with E-state index in [1.807, 2.05) is 20.8 Å². The fourth-order valence-electron chi connectivity index (χ4n) is 0.706. The second-order valence-electron chi connectivity index (χ2n) is 3.81. The van der Waals surface area contributed by atoms with E-state index in [-0.39, 0.29) is 11.9 Å². The monoisotopic (exact) mass is 188 g/mol. The smallest absolute Gasteiger partial charge is 0.239 e. The van der Waals surface area contributed by atoms with Gasteiger partial charge < -0.3 is 16.2 Å². The van der Waals surface area contributed by atoms with E-state index in [2.05, 4.69) is 5.32 Å². The van der Waals surface area contributed by atoms with Crippen molar-refractivity contribution in [2.75, 3.05) is 0 Å². The highest BCUT2D eigenvalue weighted by Crippen LogP contribution is 2.00. The number of aliphatic hydroxyl groups is 1. The van der Waals surface area contributed by atoms with Crippen LogP contribution in [0.5, 0.6) is 0 Å². The fourth-order valence-corrected chi connectivity index (χ4v) is 0.706. The van der Waals surface area contributed by atoms with Gasteiger partial charge in [0.1, 0.15) is 6.04 Å². The van der Waals surface area contributed by atoms with Crippen LogP contribution in [0, 0.1) is 5.92 Å². The fraction of sp³-hybridized carbons (Fsp3) is 0.889. The summed E-state index contributed by atoms with van der Waals surface area (Å²) in [6, 6.07) is -0.751. The SMILES string of the molecule is CC(C)C(C)NC(=O)C(N)C(C)O.